The highest BCUT2D eigenvalue weighted by Gasteiger charge is 2.52. The van der Waals surface area contributed by atoms with E-state index in [4.69, 9.17) is 4.52 Å². The van der Waals surface area contributed by atoms with Crippen LogP contribution in [0.5, 0.6) is 0 Å². The van der Waals surface area contributed by atoms with Crippen LogP contribution in [0.15, 0.2) is 4.52 Å². The van der Waals surface area contributed by atoms with Crippen molar-refractivity contribution in [3.8, 4) is 0 Å². The molecule has 0 radical (unpaired) electrons. The molecule has 1 aromatic rings. The summed E-state index contributed by atoms with van der Waals surface area (Å²) in [6, 6.07) is -0.338. The third-order valence-corrected chi connectivity index (χ3v) is 4.41. The minimum atomic E-state index is -0.667. The Labute approximate surface area is 115 Å². The Hall–Kier alpha value is -1.92. The first-order valence-corrected chi connectivity index (χ1v) is 7.15. The van der Waals surface area contributed by atoms with Gasteiger partial charge >= 0.3 is 6.03 Å². The first-order valence-electron chi connectivity index (χ1n) is 7.15. The van der Waals surface area contributed by atoms with Crippen molar-refractivity contribution in [3.05, 3.63) is 11.7 Å². The average Bonchev–Trinajstić information content (AvgIpc) is 2.92. The molecule has 0 atom stereocenters. The van der Waals surface area contributed by atoms with E-state index >= 15 is 0 Å². The number of aromatic nitrogens is 2. The lowest BCUT2D eigenvalue weighted by Gasteiger charge is -2.19. The highest BCUT2D eigenvalue weighted by atomic mass is 16.5. The van der Waals surface area contributed by atoms with Crippen molar-refractivity contribution in [2.24, 2.45) is 0 Å². The van der Waals surface area contributed by atoms with Gasteiger partial charge < -0.3 is 9.84 Å². The van der Waals surface area contributed by atoms with Gasteiger partial charge in [-0.3, -0.25) is 9.69 Å². The lowest BCUT2D eigenvalue weighted by molar-refractivity contribution is -0.131. The number of rotatable bonds is 3. The molecule has 1 N–H and O–H groups in total. The molecule has 1 saturated heterocycles. The number of carbonyl (C=O) groups is 2. The quantitative estimate of drug-likeness (QED) is 0.841. The minimum absolute atomic E-state index is 0.0998. The second-order valence-corrected chi connectivity index (χ2v) is 5.93. The van der Waals surface area contributed by atoms with Gasteiger partial charge in [-0.1, -0.05) is 18.0 Å². The zero-order valence-electron chi connectivity index (χ0n) is 11.1. The zero-order chi connectivity index (χ0) is 13.7. The SMILES string of the molecule is O=C1NC2(CCCC2)C(=O)N1Cc1noc(C2CC2)n1. The number of hydrogen-bond donors (Lipinski definition) is 1. The standard InChI is InChI=1S/C13H16N4O3/c18-11-13(5-1-2-6-13)15-12(19)17(11)7-9-14-10(20-16-9)8-3-4-8/h8H,1-7H2,(H,15,19). The molecule has 3 fully saturated rings. The molecule has 4 rings (SSSR count). The summed E-state index contributed by atoms with van der Waals surface area (Å²) in [7, 11) is 0. The smallest absolute Gasteiger partial charge is 0.325 e. The molecular weight excluding hydrogens is 260 g/mol. The zero-order valence-corrected chi connectivity index (χ0v) is 11.1. The van der Waals surface area contributed by atoms with Crippen molar-refractivity contribution in [1.82, 2.24) is 20.4 Å². The van der Waals surface area contributed by atoms with Crippen molar-refractivity contribution >= 4 is 11.9 Å². The van der Waals surface area contributed by atoms with E-state index in [1.54, 1.807) is 0 Å². The average molecular weight is 276 g/mol. The summed E-state index contributed by atoms with van der Waals surface area (Å²) in [6.45, 7) is 0.0998. The van der Waals surface area contributed by atoms with E-state index in [-0.39, 0.29) is 18.5 Å². The van der Waals surface area contributed by atoms with Crippen LogP contribution in [0.2, 0.25) is 0 Å². The molecule has 106 valence electrons. The monoisotopic (exact) mass is 276 g/mol. The van der Waals surface area contributed by atoms with Crippen molar-refractivity contribution in [1.29, 1.82) is 0 Å². The van der Waals surface area contributed by atoms with Gasteiger partial charge in [-0.05, 0) is 25.7 Å². The molecule has 3 amide bonds. The highest BCUT2D eigenvalue weighted by molar-refractivity contribution is 6.07. The van der Waals surface area contributed by atoms with Gasteiger partial charge in [-0.2, -0.15) is 4.98 Å². The van der Waals surface area contributed by atoms with Gasteiger partial charge in [-0.15, -0.1) is 0 Å². The summed E-state index contributed by atoms with van der Waals surface area (Å²) in [4.78, 5) is 29.9. The van der Waals surface area contributed by atoms with E-state index in [2.05, 4.69) is 15.5 Å². The number of imide groups is 1. The van der Waals surface area contributed by atoms with E-state index in [0.29, 0.717) is 17.6 Å². The molecule has 0 bridgehead atoms. The fraction of sp³-hybridized carbons (Fsp3) is 0.692. The maximum absolute atomic E-state index is 12.5. The Morgan fingerprint density at radius 3 is 2.75 bits per heavy atom. The first kappa shape index (κ1) is 11.9. The molecule has 7 nitrogen and oxygen atoms in total. The van der Waals surface area contributed by atoms with E-state index in [1.807, 2.05) is 0 Å². The molecule has 7 heteroatoms. The number of amides is 3. The van der Waals surface area contributed by atoms with E-state index in [1.165, 1.54) is 4.90 Å². The van der Waals surface area contributed by atoms with Gasteiger partial charge in [0.05, 0.1) is 6.54 Å². The number of hydrogen-bond acceptors (Lipinski definition) is 5. The number of carbonyl (C=O) groups excluding carboxylic acids is 2. The predicted octanol–water partition coefficient (Wildman–Crippen LogP) is 1.31. The number of urea groups is 1. The largest absolute Gasteiger partial charge is 0.339 e. The van der Waals surface area contributed by atoms with Crippen molar-refractivity contribution < 1.29 is 14.1 Å². The summed E-state index contributed by atoms with van der Waals surface area (Å²) in [5.74, 6) is 1.27. The van der Waals surface area contributed by atoms with Crippen LogP contribution < -0.4 is 5.32 Å². The molecule has 1 aromatic heterocycles. The van der Waals surface area contributed by atoms with Gasteiger partial charge in [-0.25, -0.2) is 4.79 Å². The number of nitrogens with one attached hydrogen (secondary N) is 1. The van der Waals surface area contributed by atoms with Crippen molar-refractivity contribution in [2.45, 2.75) is 56.5 Å². The van der Waals surface area contributed by atoms with Crippen LogP contribution in [0, 0.1) is 0 Å². The van der Waals surface area contributed by atoms with Crippen LogP contribution in [-0.2, 0) is 11.3 Å². The van der Waals surface area contributed by atoms with Crippen LogP contribution in [0.4, 0.5) is 4.79 Å². The maximum atomic E-state index is 12.5. The van der Waals surface area contributed by atoms with Crippen molar-refractivity contribution in [3.63, 3.8) is 0 Å². The Balaban J connectivity index is 1.52. The summed E-state index contributed by atoms with van der Waals surface area (Å²) in [6.07, 6.45) is 5.57. The third kappa shape index (κ3) is 1.72. The Bertz CT molecular complexity index is 572. The highest BCUT2D eigenvalue weighted by Crippen LogP contribution is 2.39. The second-order valence-electron chi connectivity index (χ2n) is 5.93. The fourth-order valence-electron chi connectivity index (χ4n) is 3.11. The molecule has 2 saturated carbocycles. The van der Waals surface area contributed by atoms with E-state index in [9.17, 15) is 9.59 Å². The molecule has 1 spiro atoms. The molecule has 0 aromatic carbocycles. The Morgan fingerprint density at radius 2 is 2.05 bits per heavy atom. The van der Waals surface area contributed by atoms with Gasteiger partial charge in [0, 0.05) is 5.92 Å². The second kappa shape index (κ2) is 4.04. The van der Waals surface area contributed by atoms with Gasteiger partial charge in [0.2, 0.25) is 5.89 Å². The fourth-order valence-corrected chi connectivity index (χ4v) is 3.11. The summed E-state index contributed by atoms with van der Waals surface area (Å²) >= 11 is 0. The van der Waals surface area contributed by atoms with Gasteiger partial charge in [0.1, 0.15) is 5.54 Å². The lowest BCUT2D eigenvalue weighted by Crippen LogP contribution is -2.44. The van der Waals surface area contributed by atoms with Crippen molar-refractivity contribution in [2.75, 3.05) is 0 Å². The van der Waals surface area contributed by atoms with Crippen LogP contribution in [0.1, 0.15) is 56.2 Å². The molecular formula is C13H16N4O3. The predicted molar refractivity (Wildman–Crippen MR) is 66.6 cm³/mol. The van der Waals surface area contributed by atoms with Crippen LogP contribution in [0.25, 0.3) is 0 Å². The van der Waals surface area contributed by atoms with Crippen LogP contribution in [-0.4, -0.2) is 32.5 Å². The molecule has 2 aliphatic carbocycles. The number of nitrogens with zero attached hydrogens (tertiary/aromatic N) is 3. The van der Waals surface area contributed by atoms with Crippen LogP contribution in [0.3, 0.4) is 0 Å². The molecule has 3 aliphatic rings. The molecule has 2 heterocycles. The van der Waals surface area contributed by atoms with Gasteiger partial charge in [0.25, 0.3) is 5.91 Å². The first-order chi connectivity index (χ1) is 9.68. The normalized spacial score (nSPS) is 24.7. The van der Waals surface area contributed by atoms with Crippen LogP contribution >= 0.6 is 0 Å². The molecule has 1 aliphatic heterocycles. The lowest BCUT2D eigenvalue weighted by atomic mass is 9.98. The summed E-state index contributed by atoms with van der Waals surface area (Å²) < 4.78 is 5.16. The maximum Gasteiger partial charge on any atom is 0.325 e. The van der Waals surface area contributed by atoms with Gasteiger partial charge in [0.15, 0.2) is 5.82 Å². The Kier molecular flexibility index (Phi) is 2.40. The summed E-state index contributed by atoms with van der Waals surface area (Å²) in [5, 5.41) is 6.71. The minimum Gasteiger partial charge on any atom is -0.339 e. The summed E-state index contributed by atoms with van der Waals surface area (Å²) in [5.41, 5.74) is -0.667. The topological polar surface area (TPSA) is 88.3 Å². The van der Waals surface area contributed by atoms with E-state index < -0.39 is 5.54 Å². The third-order valence-electron chi connectivity index (χ3n) is 4.41. The molecule has 20 heavy (non-hydrogen) atoms. The molecule has 0 unspecified atom stereocenters. The van der Waals surface area contributed by atoms with E-state index in [0.717, 1.165) is 38.5 Å². The Morgan fingerprint density at radius 1 is 1.30 bits per heavy atom.